The van der Waals surface area contributed by atoms with Crippen molar-refractivity contribution in [1.82, 2.24) is 19.3 Å². The van der Waals surface area contributed by atoms with E-state index in [4.69, 9.17) is 5.73 Å². The van der Waals surface area contributed by atoms with Crippen molar-refractivity contribution >= 4 is 11.0 Å². The Kier molecular flexibility index (Phi) is 3.06. The molecule has 0 atom stereocenters. The molecule has 20 heavy (non-hydrogen) atoms. The Morgan fingerprint density at radius 2 is 2.05 bits per heavy atom. The number of aromatic nitrogens is 4. The SMILES string of the molecule is Cc1nc2cc(-c3cn(C)nc3CCN)ccc2n1C. The molecule has 1 aromatic carbocycles. The molecule has 5 heteroatoms. The lowest BCUT2D eigenvalue weighted by atomic mass is 10.0. The van der Waals surface area contributed by atoms with Gasteiger partial charge in [0.25, 0.3) is 0 Å². The number of fused-ring (bicyclic) bond motifs is 1. The fourth-order valence-electron chi connectivity index (χ4n) is 2.58. The maximum absolute atomic E-state index is 5.67. The van der Waals surface area contributed by atoms with Crippen LogP contribution in [0, 0.1) is 6.92 Å². The molecule has 0 aliphatic rings. The summed E-state index contributed by atoms with van der Waals surface area (Å²) in [4.78, 5) is 4.59. The van der Waals surface area contributed by atoms with Gasteiger partial charge in [-0.3, -0.25) is 4.68 Å². The number of nitrogens with zero attached hydrogens (tertiary/aromatic N) is 4. The molecule has 2 heterocycles. The maximum atomic E-state index is 5.67. The van der Waals surface area contributed by atoms with Gasteiger partial charge in [0.15, 0.2) is 0 Å². The second kappa shape index (κ2) is 4.76. The van der Waals surface area contributed by atoms with Crippen molar-refractivity contribution in [3.05, 3.63) is 35.9 Å². The van der Waals surface area contributed by atoms with E-state index in [1.54, 1.807) is 0 Å². The van der Waals surface area contributed by atoms with E-state index in [2.05, 4.69) is 32.8 Å². The minimum atomic E-state index is 0.606. The molecule has 3 aromatic rings. The van der Waals surface area contributed by atoms with Gasteiger partial charge in [-0.25, -0.2) is 4.98 Å². The number of nitrogens with two attached hydrogens (primary N) is 1. The third kappa shape index (κ3) is 2.00. The molecule has 0 fully saturated rings. The van der Waals surface area contributed by atoms with Crippen LogP contribution in [-0.2, 0) is 20.5 Å². The first-order valence-electron chi connectivity index (χ1n) is 6.76. The summed E-state index contributed by atoms with van der Waals surface area (Å²) < 4.78 is 3.94. The zero-order valence-corrected chi connectivity index (χ0v) is 12.1. The van der Waals surface area contributed by atoms with E-state index >= 15 is 0 Å². The minimum Gasteiger partial charge on any atom is -0.331 e. The summed E-state index contributed by atoms with van der Waals surface area (Å²) in [5, 5.41) is 4.49. The summed E-state index contributed by atoms with van der Waals surface area (Å²) in [5.74, 6) is 1.02. The Balaban J connectivity index is 2.14. The lowest BCUT2D eigenvalue weighted by molar-refractivity contribution is 0.739. The smallest absolute Gasteiger partial charge is 0.106 e. The van der Waals surface area contributed by atoms with Crippen molar-refractivity contribution in [2.24, 2.45) is 19.8 Å². The third-order valence-corrected chi connectivity index (χ3v) is 3.70. The van der Waals surface area contributed by atoms with Gasteiger partial charge >= 0.3 is 0 Å². The molecule has 104 valence electrons. The second-order valence-corrected chi connectivity index (χ2v) is 5.12. The Morgan fingerprint density at radius 3 is 2.80 bits per heavy atom. The zero-order chi connectivity index (χ0) is 14.3. The van der Waals surface area contributed by atoms with Gasteiger partial charge in [-0.05, 0) is 31.2 Å². The monoisotopic (exact) mass is 269 g/mol. The third-order valence-electron chi connectivity index (χ3n) is 3.70. The number of benzene rings is 1. The van der Waals surface area contributed by atoms with Gasteiger partial charge in [0, 0.05) is 32.3 Å². The Labute approximate surface area is 118 Å². The summed E-state index contributed by atoms with van der Waals surface area (Å²) in [7, 11) is 3.97. The van der Waals surface area contributed by atoms with Crippen LogP contribution >= 0.6 is 0 Å². The fraction of sp³-hybridized carbons (Fsp3) is 0.333. The van der Waals surface area contributed by atoms with E-state index < -0.39 is 0 Å². The molecule has 0 aliphatic heterocycles. The van der Waals surface area contributed by atoms with E-state index in [0.717, 1.165) is 40.1 Å². The molecule has 2 aromatic heterocycles. The van der Waals surface area contributed by atoms with Crippen LogP contribution in [0.2, 0.25) is 0 Å². The number of imidazole rings is 1. The summed E-state index contributed by atoms with van der Waals surface area (Å²) in [6, 6.07) is 6.36. The highest BCUT2D eigenvalue weighted by molar-refractivity contribution is 5.83. The molecular weight excluding hydrogens is 250 g/mol. The van der Waals surface area contributed by atoms with E-state index in [9.17, 15) is 0 Å². The molecule has 2 N–H and O–H groups in total. The highest BCUT2D eigenvalue weighted by atomic mass is 15.2. The largest absolute Gasteiger partial charge is 0.331 e. The van der Waals surface area contributed by atoms with Crippen LogP contribution < -0.4 is 5.73 Å². The standard InChI is InChI=1S/C15H19N5/c1-10-17-14-8-11(4-5-15(14)20(10)3)12-9-19(2)18-13(12)6-7-16/h4-5,8-9H,6-7,16H2,1-3H3. The number of hydrogen-bond acceptors (Lipinski definition) is 3. The van der Waals surface area contributed by atoms with Gasteiger partial charge in [-0.2, -0.15) is 5.10 Å². The molecule has 0 radical (unpaired) electrons. The van der Waals surface area contributed by atoms with Crippen molar-refractivity contribution in [1.29, 1.82) is 0 Å². The van der Waals surface area contributed by atoms with Crippen molar-refractivity contribution in [3.63, 3.8) is 0 Å². The summed E-state index contributed by atoms with van der Waals surface area (Å²) >= 11 is 0. The van der Waals surface area contributed by atoms with E-state index in [1.165, 1.54) is 0 Å². The average Bonchev–Trinajstić information content (AvgIpc) is 2.91. The fourth-order valence-corrected chi connectivity index (χ4v) is 2.58. The van der Waals surface area contributed by atoms with Crippen molar-refractivity contribution in [2.75, 3.05) is 6.54 Å². The van der Waals surface area contributed by atoms with Crippen LogP contribution in [-0.4, -0.2) is 25.9 Å². The van der Waals surface area contributed by atoms with Crippen molar-refractivity contribution < 1.29 is 0 Å². The first-order chi connectivity index (χ1) is 9.60. The van der Waals surface area contributed by atoms with E-state index in [1.807, 2.05) is 31.9 Å². The highest BCUT2D eigenvalue weighted by Crippen LogP contribution is 2.27. The lowest BCUT2D eigenvalue weighted by Gasteiger charge is -2.02. The zero-order valence-electron chi connectivity index (χ0n) is 12.1. The number of hydrogen-bond donors (Lipinski definition) is 1. The van der Waals surface area contributed by atoms with E-state index in [0.29, 0.717) is 6.54 Å². The van der Waals surface area contributed by atoms with Crippen LogP contribution in [0.25, 0.3) is 22.2 Å². The second-order valence-electron chi connectivity index (χ2n) is 5.12. The maximum Gasteiger partial charge on any atom is 0.106 e. The van der Waals surface area contributed by atoms with Gasteiger partial charge in [0.1, 0.15) is 5.82 Å². The minimum absolute atomic E-state index is 0.606. The van der Waals surface area contributed by atoms with Gasteiger partial charge in [0.05, 0.1) is 16.7 Å². The van der Waals surface area contributed by atoms with E-state index in [-0.39, 0.29) is 0 Å². The Bertz CT molecular complexity index is 766. The summed E-state index contributed by atoms with van der Waals surface area (Å²) in [6.07, 6.45) is 2.83. The molecule has 0 spiro atoms. The van der Waals surface area contributed by atoms with Crippen molar-refractivity contribution in [2.45, 2.75) is 13.3 Å². The first kappa shape index (κ1) is 12.9. The molecule has 0 unspecified atom stereocenters. The molecular formula is C15H19N5. The molecule has 0 saturated carbocycles. The first-order valence-corrected chi connectivity index (χ1v) is 6.76. The lowest BCUT2D eigenvalue weighted by Crippen LogP contribution is -2.04. The molecule has 0 amide bonds. The van der Waals surface area contributed by atoms with Gasteiger partial charge in [0.2, 0.25) is 0 Å². The molecule has 5 nitrogen and oxygen atoms in total. The quantitative estimate of drug-likeness (QED) is 0.788. The van der Waals surface area contributed by atoms with Crippen molar-refractivity contribution in [3.8, 4) is 11.1 Å². The van der Waals surface area contributed by atoms with Crippen LogP contribution in [0.5, 0.6) is 0 Å². The normalized spacial score (nSPS) is 11.4. The predicted octanol–water partition coefficient (Wildman–Crippen LogP) is 1.78. The molecule has 0 aliphatic carbocycles. The van der Waals surface area contributed by atoms with Gasteiger partial charge in [-0.1, -0.05) is 6.07 Å². The van der Waals surface area contributed by atoms with Crippen LogP contribution in [0.1, 0.15) is 11.5 Å². The van der Waals surface area contributed by atoms with Gasteiger partial charge < -0.3 is 10.3 Å². The molecule has 0 saturated heterocycles. The Morgan fingerprint density at radius 1 is 1.25 bits per heavy atom. The predicted molar refractivity (Wildman–Crippen MR) is 80.4 cm³/mol. The molecule has 3 rings (SSSR count). The van der Waals surface area contributed by atoms with Crippen LogP contribution in [0.3, 0.4) is 0 Å². The highest BCUT2D eigenvalue weighted by Gasteiger charge is 2.11. The Hall–Kier alpha value is -2.14. The average molecular weight is 269 g/mol. The number of aryl methyl sites for hydroxylation is 3. The topological polar surface area (TPSA) is 61.7 Å². The summed E-state index contributed by atoms with van der Waals surface area (Å²) in [5.41, 5.74) is 11.2. The summed E-state index contributed by atoms with van der Waals surface area (Å²) in [6.45, 7) is 2.62. The van der Waals surface area contributed by atoms with Crippen LogP contribution in [0.15, 0.2) is 24.4 Å². The molecule has 0 bridgehead atoms. The van der Waals surface area contributed by atoms with Crippen LogP contribution in [0.4, 0.5) is 0 Å². The number of rotatable bonds is 3. The van der Waals surface area contributed by atoms with Gasteiger partial charge in [-0.15, -0.1) is 0 Å².